The van der Waals surface area contributed by atoms with Crippen LogP contribution < -0.4 is 15.4 Å². The number of hydrogen-bond donors (Lipinski definition) is 2. The van der Waals surface area contributed by atoms with E-state index >= 15 is 0 Å². The molecule has 25 heavy (non-hydrogen) atoms. The number of hydrogen-bond acceptors (Lipinski definition) is 4. The van der Waals surface area contributed by atoms with Gasteiger partial charge in [0.2, 0.25) is 5.91 Å². The van der Waals surface area contributed by atoms with Gasteiger partial charge in [0.25, 0.3) is 5.91 Å². The fourth-order valence-electron chi connectivity index (χ4n) is 2.52. The third-order valence-electron chi connectivity index (χ3n) is 3.78. The van der Waals surface area contributed by atoms with Gasteiger partial charge in [0, 0.05) is 39.2 Å². The Morgan fingerprint density at radius 2 is 2.16 bits per heavy atom. The normalized spacial score (nSPS) is 13.4. The summed E-state index contributed by atoms with van der Waals surface area (Å²) in [4.78, 5) is 25.2. The van der Waals surface area contributed by atoms with E-state index in [9.17, 15) is 9.59 Å². The van der Waals surface area contributed by atoms with Crippen LogP contribution in [0.3, 0.4) is 0 Å². The third-order valence-corrected chi connectivity index (χ3v) is 5.35. The fraction of sp³-hybridized carbons (Fsp3) is 0.222. The van der Waals surface area contributed by atoms with Crippen molar-refractivity contribution in [2.75, 3.05) is 18.2 Å². The van der Waals surface area contributed by atoms with E-state index in [1.54, 1.807) is 31.0 Å². The number of carbonyl (C=O) groups is 2. The lowest BCUT2D eigenvalue weighted by atomic mass is 10.1. The van der Waals surface area contributed by atoms with Crippen molar-refractivity contribution >= 4 is 45.2 Å². The molecule has 3 rings (SSSR count). The molecule has 1 heterocycles. The summed E-state index contributed by atoms with van der Waals surface area (Å²) in [5, 5.41) is 5.74. The maximum absolute atomic E-state index is 12.5. The first-order valence-corrected chi connectivity index (χ1v) is 9.52. The molecule has 0 radical (unpaired) electrons. The quantitative estimate of drug-likeness (QED) is 0.788. The van der Waals surface area contributed by atoms with Crippen molar-refractivity contribution in [1.82, 2.24) is 5.32 Å². The van der Waals surface area contributed by atoms with Gasteiger partial charge in [-0.25, -0.2) is 0 Å². The number of anilines is 1. The molecule has 0 fully saturated rings. The van der Waals surface area contributed by atoms with Gasteiger partial charge in [0.15, 0.2) is 0 Å². The first-order valence-electron chi connectivity index (χ1n) is 7.74. The van der Waals surface area contributed by atoms with Crippen LogP contribution in [0.25, 0.3) is 0 Å². The molecule has 1 aliphatic rings. The summed E-state index contributed by atoms with van der Waals surface area (Å²) >= 11 is 5.03. The van der Waals surface area contributed by atoms with Crippen molar-refractivity contribution in [2.24, 2.45) is 0 Å². The summed E-state index contributed by atoms with van der Waals surface area (Å²) in [7, 11) is 1.60. The molecule has 2 aromatic rings. The number of carbonyl (C=O) groups excluding carboxylic acids is 2. The molecule has 130 valence electrons. The number of rotatable bonds is 4. The molecular formula is C18H17BrN2O3S. The molecule has 0 saturated carbocycles. The molecule has 0 saturated heterocycles. The molecule has 2 N–H and O–H groups in total. The highest BCUT2D eigenvalue weighted by Gasteiger charge is 2.16. The van der Waals surface area contributed by atoms with E-state index in [1.807, 2.05) is 24.3 Å². The Morgan fingerprint density at radius 1 is 1.32 bits per heavy atom. The predicted octanol–water partition coefficient (Wildman–Crippen LogP) is 3.82. The summed E-state index contributed by atoms with van der Waals surface area (Å²) in [6.45, 7) is 0.347. The van der Waals surface area contributed by atoms with E-state index in [0.717, 1.165) is 20.7 Å². The van der Waals surface area contributed by atoms with Crippen LogP contribution in [0.5, 0.6) is 5.75 Å². The van der Waals surface area contributed by atoms with Crippen LogP contribution in [-0.4, -0.2) is 24.7 Å². The Morgan fingerprint density at radius 3 is 2.96 bits per heavy atom. The van der Waals surface area contributed by atoms with E-state index in [1.165, 1.54) is 0 Å². The number of benzene rings is 2. The van der Waals surface area contributed by atoms with E-state index < -0.39 is 0 Å². The summed E-state index contributed by atoms with van der Waals surface area (Å²) in [6, 6.07) is 11.0. The molecule has 0 aliphatic carbocycles. The minimum absolute atomic E-state index is 0.0253. The zero-order valence-corrected chi connectivity index (χ0v) is 16.0. The topological polar surface area (TPSA) is 67.4 Å². The largest absolute Gasteiger partial charge is 0.496 e. The molecule has 0 unspecified atom stereocenters. The molecule has 0 bridgehead atoms. The summed E-state index contributed by atoms with van der Waals surface area (Å²) in [6.07, 6.45) is 0.476. The van der Waals surface area contributed by atoms with Crippen LogP contribution >= 0.6 is 27.7 Å². The Bertz CT molecular complexity index is 826. The number of thioether (sulfide) groups is 1. The highest BCUT2D eigenvalue weighted by atomic mass is 79.9. The van der Waals surface area contributed by atoms with E-state index in [4.69, 9.17) is 4.74 Å². The van der Waals surface area contributed by atoms with Gasteiger partial charge in [0.05, 0.1) is 12.8 Å². The van der Waals surface area contributed by atoms with E-state index in [2.05, 4.69) is 26.6 Å². The second-order valence-corrected chi connectivity index (χ2v) is 7.55. The molecule has 7 heteroatoms. The number of nitrogens with one attached hydrogen (secondary N) is 2. The monoisotopic (exact) mass is 420 g/mol. The summed E-state index contributed by atoms with van der Waals surface area (Å²) in [5.74, 6) is 1.23. The van der Waals surface area contributed by atoms with Gasteiger partial charge >= 0.3 is 0 Å². The van der Waals surface area contributed by atoms with Gasteiger partial charge in [0.1, 0.15) is 5.75 Å². The van der Waals surface area contributed by atoms with Gasteiger partial charge in [-0.3, -0.25) is 9.59 Å². The molecule has 2 amide bonds. The van der Waals surface area contributed by atoms with Crippen molar-refractivity contribution in [3.63, 3.8) is 0 Å². The second kappa shape index (κ2) is 7.93. The van der Waals surface area contributed by atoms with Crippen LogP contribution in [0.1, 0.15) is 22.3 Å². The first kappa shape index (κ1) is 17.8. The maximum Gasteiger partial charge on any atom is 0.251 e. The number of halogens is 1. The lowest BCUT2D eigenvalue weighted by molar-refractivity contribution is -0.115. The van der Waals surface area contributed by atoms with Crippen LogP contribution in [0.15, 0.2) is 45.8 Å². The maximum atomic E-state index is 12.5. The fourth-order valence-corrected chi connectivity index (χ4v) is 3.87. The minimum Gasteiger partial charge on any atom is -0.496 e. The molecular weight excluding hydrogens is 404 g/mol. The second-order valence-electron chi connectivity index (χ2n) is 5.50. The average Bonchev–Trinajstić information content (AvgIpc) is 2.79. The van der Waals surface area contributed by atoms with Gasteiger partial charge in [-0.05, 0) is 36.4 Å². The highest BCUT2D eigenvalue weighted by Crippen LogP contribution is 2.31. The summed E-state index contributed by atoms with van der Waals surface area (Å²) < 4.78 is 6.23. The van der Waals surface area contributed by atoms with Gasteiger partial charge < -0.3 is 15.4 Å². The third kappa shape index (κ3) is 4.35. The first-order chi connectivity index (χ1) is 12.1. The molecule has 5 nitrogen and oxygen atoms in total. The highest BCUT2D eigenvalue weighted by molar-refractivity contribution is 9.10. The lowest BCUT2D eigenvalue weighted by Gasteiger charge is -2.12. The van der Waals surface area contributed by atoms with Crippen molar-refractivity contribution in [1.29, 1.82) is 0 Å². The molecule has 0 atom stereocenters. The van der Waals surface area contributed by atoms with Crippen LogP contribution in [0, 0.1) is 0 Å². The molecule has 0 spiro atoms. The van der Waals surface area contributed by atoms with Crippen molar-refractivity contribution in [3.05, 3.63) is 52.0 Å². The zero-order valence-electron chi connectivity index (χ0n) is 13.6. The van der Waals surface area contributed by atoms with Gasteiger partial charge in [-0.1, -0.05) is 15.9 Å². The minimum atomic E-state index is -0.201. The summed E-state index contributed by atoms with van der Waals surface area (Å²) in [5.41, 5.74) is 2.08. The predicted molar refractivity (Wildman–Crippen MR) is 102 cm³/mol. The van der Waals surface area contributed by atoms with E-state index in [-0.39, 0.29) is 11.8 Å². The average molecular weight is 421 g/mol. The SMILES string of the molecule is COc1ccc(Br)cc1CNC(=O)c1ccc2c(c1)NC(=O)CCS2. The standard InChI is InChI=1S/C18H17BrN2O3S/c1-24-15-4-3-13(19)8-12(15)10-20-18(23)11-2-5-16-14(9-11)21-17(22)6-7-25-16/h2-5,8-9H,6-7,10H2,1H3,(H,20,23)(H,21,22). The van der Waals surface area contributed by atoms with Crippen LogP contribution in [0.2, 0.25) is 0 Å². The van der Waals surface area contributed by atoms with Gasteiger partial charge in [-0.2, -0.15) is 0 Å². The van der Waals surface area contributed by atoms with Gasteiger partial charge in [-0.15, -0.1) is 11.8 Å². The Balaban J connectivity index is 1.74. The molecule has 0 aromatic heterocycles. The molecule has 1 aliphatic heterocycles. The van der Waals surface area contributed by atoms with Crippen molar-refractivity contribution in [2.45, 2.75) is 17.9 Å². The number of fused-ring (bicyclic) bond motifs is 1. The Labute approximate surface area is 158 Å². The Hall–Kier alpha value is -1.99. The van der Waals surface area contributed by atoms with Crippen molar-refractivity contribution in [3.8, 4) is 5.75 Å². The van der Waals surface area contributed by atoms with Crippen LogP contribution in [-0.2, 0) is 11.3 Å². The van der Waals surface area contributed by atoms with E-state index in [0.29, 0.717) is 30.0 Å². The van der Waals surface area contributed by atoms with Crippen LogP contribution in [0.4, 0.5) is 5.69 Å². The Kier molecular flexibility index (Phi) is 5.65. The number of ether oxygens (including phenoxy) is 1. The number of methoxy groups -OCH3 is 1. The molecule has 2 aromatic carbocycles. The van der Waals surface area contributed by atoms with Crippen molar-refractivity contribution < 1.29 is 14.3 Å². The lowest BCUT2D eigenvalue weighted by Crippen LogP contribution is -2.23. The smallest absolute Gasteiger partial charge is 0.251 e. The number of amides is 2. The zero-order chi connectivity index (χ0) is 17.8.